The Hall–Kier alpha value is -1.92. The van der Waals surface area contributed by atoms with Gasteiger partial charge in [-0.2, -0.15) is 0 Å². The van der Waals surface area contributed by atoms with E-state index in [4.69, 9.17) is 4.74 Å². The third kappa shape index (κ3) is 4.79. The second-order valence-corrected chi connectivity index (χ2v) is 6.68. The number of ether oxygens (including phenoxy) is 1. The predicted octanol–water partition coefficient (Wildman–Crippen LogP) is 2.57. The fraction of sp³-hybridized carbons (Fsp3) is 0.333. The minimum atomic E-state index is 0.0380. The van der Waals surface area contributed by atoms with Gasteiger partial charge >= 0.3 is 0 Å². The molecule has 5 nitrogen and oxygen atoms in total. The number of halogens is 1. The first-order valence-corrected chi connectivity index (χ1v) is 8.77. The van der Waals surface area contributed by atoms with E-state index in [9.17, 15) is 4.79 Å². The van der Waals surface area contributed by atoms with E-state index < -0.39 is 0 Å². The van der Waals surface area contributed by atoms with Gasteiger partial charge < -0.3 is 9.64 Å². The molecule has 0 saturated carbocycles. The van der Waals surface area contributed by atoms with Crippen LogP contribution < -0.4 is 4.74 Å². The molecule has 1 amide bonds. The van der Waals surface area contributed by atoms with Crippen LogP contribution in [0.15, 0.2) is 53.3 Å². The van der Waals surface area contributed by atoms with E-state index in [0.717, 1.165) is 37.2 Å². The lowest BCUT2D eigenvalue weighted by Crippen LogP contribution is -2.49. The van der Waals surface area contributed by atoms with Crippen LogP contribution >= 0.6 is 15.9 Å². The number of pyridine rings is 1. The molecule has 126 valence electrons. The van der Waals surface area contributed by atoms with Gasteiger partial charge in [-0.1, -0.05) is 28.1 Å². The zero-order valence-corrected chi connectivity index (χ0v) is 15.0. The molecule has 0 bridgehead atoms. The fourth-order valence-corrected chi connectivity index (χ4v) is 3.08. The molecule has 1 aliphatic heterocycles. The molecule has 1 aromatic carbocycles. The first-order chi connectivity index (χ1) is 11.7. The molecular weight excluding hydrogens is 370 g/mol. The largest absolute Gasteiger partial charge is 0.484 e. The van der Waals surface area contributed by atoms with Gasteiger partial charge in [-0.15, -0.1) is 0 Å². The molecular formula is C18H20BrN3O2. The van der Waals surface area contributed by atoms with E-state index in [-0.39, 0.29) is 12.5 Å². The molecule has 2 aromatic rings. The number of benzene rings is 1. The maximum absolute atomic E-state index is 12.3. The smallest absolute Gasteiger partial charge is 0.260 e. The van der Waals surface area contributed by atoms with E-state index in [1.807, 2.05) is 41.4 Å². The van der Waals surface area contributed by atoms with Crippen molar-refractivity contribution in [2.75, 3.05) is 32.8 Å². The number of amides is 1. The van der Waals surface area contributed by atoms with Crippen molar-refractivity contribution < 1.29 is 9.53 Å². The van der Waals surface area contributed by atoms with Gasteiger partial charge in [0.05, 0.1) is 0 Å². The van der Waals surface area contributed by atoms with Crippen molar-refractivity contribution in [2.45, 2.75) is 6.54 Å². The molecule has 0 atom stereocenters. The lowest BCUT2D eigenvalue weighted by Gasteiger charge is -2.34. The minimum absolute atomic E-state index is 0.0380. The van der Waals surface area contributed by atoms with E-state index >= 15 is 0 Å². The molecule has 6 heteroatoms. The Morgan fingerprint density at radius 3 is 2.71 bits per heavy atom. The molecule has 0 aliphatic carbocycles. The van der Waals surface area contributed by atoms with Crippen LogP contribution in [0.4, 0.5) is 0 Å². The Morgan fingerprint density at radius 1 is 1.17 bits per heavy atom. The van der Waals surface area contributed by atoms with Gasteiger partial charge in [0.1, 0.15) is 5.75 Å². The van der Waals surface area contributed by atoms with Crippen molar-refractivity contribution in [1.29, 1.82) is 0 Å². The topological polar surface area (TPSA) is 45.7 Å². The van der Waals surface area contributed by atoms with Crippen LogP contribution in [-0.2, 0) is 11.3 Å². The predicted molar refractivity (Wildman–Crippen MR) is 95.7 cm³/mol. The molecule has 0 spiro atoms. The van der Waals surface area contributed by atoms with Crippen LogP contribution in [-0.4, -0.2) is 53.5 Å². The molecule has 0 N–H and O–H groups in total. The average molecular weight is 390 g/mol. The Bertz CT molecular complexity index is 673. The number of carbonyl (C=O) groups excluding carboxylic acids is 1. The highest BCUT2D eigenvalue weighted by Gasteiger charge is 2.21. The first kappa shape index (κ1) is 16.9. The molecule has 0 radical (unpaired) electrons. The number of nitrogens with zero attached hydrogens (tertiary/aromatic N) is 3. The van der Waals surface area contributed by atoms with Crippen molar-refractivity contribution in [3.63, 3.8) is 0 Å². The number of rotatable bonds is 5. The van der Waals surface area contributed by atoms with Crippen molar-refractivity contribution >= 4 is 21.8 Å². The molecule has 0 unspecified atom stereocenters. The van der Waals surface area contributed by atoms with Crippen LogP contribution in [0, 0.1) is 0 Å². The highest BCUT2D eigenvalue weighted by atomic mass is 79.9. The zero-order valence-electron chi connectivity index (χ0n) is 13.4. The molecule has 1 aromatic heterocycles. The third-order valence-electron chi connectivity index (χ3n) is 4.01. The van der Waals surface area contributed by atoms with E-state index in [2.05, 4.69) is 31.9 Å². The Balaban J connectivity index is 1.43. The van der Waals surface area contributed by atoms with Gasteiger partial charge in [0, 0.05) is 49.6 Å². The van der Waals surface area contributed by atoms with Gasteiger partial charge in [-0.05, 0) is 29.8 Å². The number of hydrogen-bond acceptors (Lipinski definition) is 4. The summed E-state index contributed by atoms with van der Waals surface area (Å²) in [5.74, 6) is 0.740. The van der Waals surface area contributed by atoms with Gasteiger partial charge in [0.15, 0.2) is 6.61 Å². The normalized spacial score (nSPS) is 15.3. The van der Waals surface area contributed by atoms with Gasteiger partial charge in [0.25, 0.3) is 5.91 Å². The highest BCUT2D eigenvalue weighted by molar-refractivity contribution is 9.10. The van der Waals surface area contributed by atoms with E-state index in [0.29, 0.717) is 5.75 Å². The standard InChI is InChI=1S/C18H20BrN3O2/c19-16-4-1-5-17(11-16)24-14-18(23)22-9-7-21(8-10-22)13-15-3-2-6-20-12-15/h1-6,11-12H,7-10,13-14H2. The summed E-state index contributed by atoms with van der Waals surface area (Å²) in [4.78, 5) is 20.6. The summed E-state index contributed by atoms with van der Waals surface area (Å²) in [5, 5.41) is 0. The van der Waals surface area contributed by atoms with Crippen LogP contribution in [0.2, 0.25) is 0 Å². The number of piperazine rings is 1. The molecule has 1 saturated heterocycles. The lowest BCUT2D eigenvalue weighted by molar-refractivity contribution is -0.135. The fourth-order valence-electron chi connectivity index (χ4n) is 2.70. The Kier molecular flexibility index (Phi) is 5.82. The lowest BCUT2D eigenvalue weighted by atomic mass is 10.2. The molecule has 24 heavy (non-hydrogen) atoms. The van der Waals surface area contributed by atoms with Gasteiger partial charge in [0.2, 0.25) is 0 Å². The van der Waals surface area contributed by atoms with Crippen LogP contribution in [0.1, 0.15) is 5.56 Å². The Labute approximate surface area is 150 Å². The van der Waals surface area contributed by atoms with Crippen LogP contribution in [0.25, 0.3) is 0 Å². The van der Waals surface area contributed by atoms with Gasteiger partial charge in [-0.3, -0.25) is 14.7 Å². The number of carbonyl (C=O) groups is 1. The van der Waals surface area contributed by atoms with E-state index in [1.54, 1.807) is 6.20 Å². The summed E-state index contributed by atoms with van der Waals surface area (Å²) in [6.45, 7) is 4.18. The van der Waals surface area contributed by atoms with Crippen molar-refractivity contribution in [3.8, 4) is 5.75 Å². The van der Waals surface area contributed by atoms with E-state index in [1.165, 1.54) is 5.56 Å². The summed E-state index contributed by atoms with van der Waals surface area (Å²) >= 11 is 3.39. The molecule has 3 rings (SSSR count). The maximum Gasteiger partial charge on any atom is 0.260 e. The highest BCUT2D eigenvalue weighted by Crippen LogP contribution is 2.18. The maximum atomic E-state index is 12.3. The monoisotopic (exact) mass is 389 g/mol. The number of aromatic nitrogens is 1. The van der Waals surface area contributed by atoms with Crippen LogP contribution in [0.3, 0.4) is 0 Å². The second-order valence-electron chi connectivity index (χ2n) is 5.76. The molecule has 1 aliphatic rings. The summed E-state index contributed by atoms with van der Waals surface area (Å²) in [5.41, 5.74) is 1.20. The van der Waals surface area contributed by atoms with Gasteiger partial charge in [-0.25, -0.2) is 0 Å². The van der Waals surface area contributed by atoms with Crippen LogP contribution in [0.5, 0.6) is 5.75 Å². The summed E-state index contributed by atoms with van der Waals surface area (Å²) in [6, 6.07) is 11.6. The quantitative estimate of drug-likeness (QED) is 0.788. The Morgan fingerprint density at radius 2 is 2.00 bits per heavy atom. The SMILES string of the molecule is O=C(COc1cccc(Br)c1)N1CCN(Cc2cccnc2)CC1. The third-order valence-corrected chi connectivity index (χ3v) is 4.51. The van der Waals surface area contributed by atoms with Crippen molar-refractivity contribution in [2.24, 2.45) is 0 Å². The average Bonchev–Trinajstić information content (AvgIpc) is 2.61. The minimum Gasteiger partial charge on any atom is -0.484 e. The first-order valence-electron chi connectivity index (χ1n) is 7.98. The molecule has 2 heterocycles. The molecule has 1 fully saturated rings. The summed E-state index contributed by atoms with van der Waals surface area (Å²) < 4.78 is 6.52. The van der Waals surface area contributed by atoms with Crippen molar-refractivity contribution in [3.05, 3.63) is 58.8 Å². The second kappa shape index (κ2) is 8.26. The summed E-state index contributed by atoms with van der Waals surface area (Å²) in [6.07, 6.45) is 3.68. The summed E-state index contributed by atoms with van der Waals surface area (Å²) in [7, 11) is 0. The van der Waals surface area contributed by atoms with Crippen molar-refractivity contribution in [1.82, 2.24) is 14.8 Å². The number of hydrogen-bond donors (Lipinski definition) is 0. The zero-order chi connectivity index (χ0) is 16.8.